The van der Waals surface area contributed by atoms with Crippen LogP contribution in [-0.4, -0.2) is 27.5 Å². The summed E-state index contributed by atoms with van der Waals surface area (Å²) in [6.07, 6.45) is -7.80. The van der Waals surface area contributed by atoms with E-state index in [1.54, 1.807) is 0 Å². The third-order valence-corrected chi connectivity index (χ3v) is 4.48. The zero-order valence-corrected chi connectivity index (χ0v) is 11.9. The lowest BCUT2D eigenvalue weighted by atomic mass is 10.0. The number of hydrogen-bond donors (Lipinski definition) is 2. The Morgan fingerprint density at radius 3 is 2.09 bits per heavy atom. The fraction of sp³-hybridized carbons (Fsp3) is 0.500. The van der Waals surface area contributed by atoms with Gasteiger partial charge in [0.15, 0.2) is 0 Å². The van der Waals surface area contributed by atoms with Gasteiger partial charge in [-0.1, -0.05) is 18.2 Å². The summed E-state index contributed by atoms with van der Waals surface area (Å²) >= 11 is 0. The van der Waals surface area contributed by atoms with E-state index < -0.39 is 44.0 Å². The number of benzene rings is 1. The number of halogens is 6. The van der Waals surface area contributed by atoms with Crippen LogP contribution in [0.4, 0.5) is 26.3 Å². The van der Waals surface area contributed by atoms with Crippen LogP contribution in [0.25, 0.3) is 0 Å². The third-order valence-electron chi connectivity index (χ3n) is 3.08. The van der Waals surface area contributed by atoms with Gasteiger partial charge in [0.05, 0.1) is 0 Å². The Bertz CT molecular complexity index is 554. The van der Waals surface area contributed by atoms with Crippen molar-refractivity contribution in [1.82, 2.24) is 0 Å². The minimum absolute atomic E-state index is 0.0716. The van der Waals surface area contributed by atoms with Crippen molar-refractivity contribution in [3.05, 3.63) is 35.6 Å². The average Bonchev–Trinajstić information content (AvgIpc) is 2.33. The first-order chi connectivity index (χ1) is 9.87. The molecule has 3 nitrogen and oxygen atoms in total. The SMILES string of the molecule is O=P(O)(O)C(CCCc1ccccc1F)C(F)(F)C(F)(F)F. The van der Waals surface area contributed by atoms with Gasteiger partial charge in [-0.2, -0.15) is 22.0 Å². The van der Waals surface area contributed by atoms with Gasteiger partial charge in [0.25, 0.3) is 0 Å². The van der Waals surface area contributed by atoms with E-state index in [0.29, 0.717) is 0 Å². The van der Waals surface area contributed by atoms with Crippen molar-refractivity contribution in [1.29, 1.82) is 0 Å². The molecule has 0 aliphatic carbocycles. The maximum atomic E-state index is 13.3. The van der Waals surface area contributed by atoms with Crippen molar-refractivity contribution in [3.63, 3.8) is 0 Å². The van der Waals surface area contributed by atoms with Gasteiger partial charge in [-0.25, -0.2) is 4.39 Å². The van der Waals surface area contributed by atoms with Crippen LogP contribution in [0.15, 0.2) is 24.3 Å². The van der Waals surface area contributed by atoms with Gasteiger partial charge >= 0.3 is 19.7 Å². The Hall–Kier alpha value is -1.05. The van der Waals surface area contributed by atoms with Crippen LogP contribution >= 0.6 is 7.60 Å². The summed E-state index contributed by atoms with van der Waals surface area (Å²) in [5.41, 5.74) is -3.12. The molecule has 0 aliphatic rings. The molecule has 0 fully saturated rings. The molecule has 1 aromatic rings. The molecule has 1 unspecified atom stereocenters. The normalized spacial score (nSPS) is 14.9. The molecule has 0 aromatic heterocycles. The first-order valence-electron chi connectivity index (χ1n) is 6.10. The highest BCUT2D eigenvalue weighted by Gasteiger charge is 2.66. The quantitative estimate of drug-likeness (QED) is 0.605. The highest BCUT2D eigenvalue weighted by Crippen LogP contribution is 2.55. The molecule has 22 heavy (non-hydrogen) atoms. The lowest BCUT2D eigenvalue weighted by Gasteiger charge is -2.29. The van der Waals surface area contributed by atoms with Crippen molar-refractivity contribution in [2.24, 2.45) is 0 Å². The summed E-state index contributed by atoms with van der Waals surface area (Å²) in [6.45, 7) is 0. The lowest BCUT2D eigenvalue weighted by Crippen LogP contribution is -2.46. The number of alkyl halides is 5. The maximum absolute atomic E-state index is 13.3. The van der Waals surface area contributed by atoms with E-state index in [-0.39, 0.29) is 12.0 Å². The second-order valence-corrected chi connectivity index (χ2v) is 6.51. The van der Waals surface area contributed by atoms with Gasteiger partial charge in [-0.3, -0.25) is 4.57 Å². The number of hydrogen-bond acceptors (Lipinski definition) is 1. The molecule has 2 N–H and O–H groups in total. The maximum Gasteiger partial charge on any atom is 0.454 e. The summed E-state index contributed by atoms with van der Waals surface area (Å²) < 4.78 is 87.5. The van der Waals surface area contributed by atoms with E-state index in [1.165, 1.54) is 18.2 Å². The highest BCUT2D eigenvalue weighted by atomic mass is 31.2. The predicted octanol–water partition coefficient (Wildman–Crippen LogP) is 3.89. The number of rotatable bonds is 6. The van der Waals surface area contributed by atoms with E-state index >= 15 is 0 Å². The summed E-state index contributed by atoms with van der Waals surface area (Å²) in [5.74, 6) is -6.20. The molecule has 1 rings (SSSR count). The second-order valence-electron chi connectivity index (χ2n) is 4.71. The van der Waals surface area contributed by atoms with Crippen LogP contribution in [0, 0.1) is 5.82 Å². The van der Waals surface area contributed by atoms with Gasteiger partial charge in [-0.05, 0) is 30.9 Å². The largest absolute Gasteiger partial charge is 0.454 e. The molecule has 10 heteroatoms. The molecule has 0 aliphatic heterocycles. The zero-order valence-electron chi connectivity index (χ0n) is 11.0. The molecule has 0 bridgehead atoms. The van der Waals surface area contributed by atoms with Crippen LogP contribution in [0.1, 0.15) is 18.4 Å². The molecule has 126 valence electrons. The molecule has 0 amide bonds. The van der Waals surface area contributed by atoms with Gasteiger partial charge < -0.3 is 9.79 Å². The summed E-state index contributed by atoms with van der Waals surface area (Å²) in [7, 11) is -5.69. The van der Waals surface area contributed by atoms with Crippen molar-refractivity contribution in [2.75, 3.05) is 0 Å². The molecule has 0 spiro atoms. The van der Waals surface area contributed by atoms with E-state index in [2.05, 4.69) is 0 Å². The van der Waals surface area contributed by atoms with Crippen molar-refractivity contribution in [2.45, 2.75) is 37.0 Å². The minimum atomic E-state index is -6.07. The van der Waals surface area contributed by atoms with Crippen molar-refractivity contribution < 1.29 is 40.7 Å². The molecule has 0 saturated heterocycles. The summed E-state index contributed by atoms with van der Waals surface area (Å²) in [4.78, 5) is 17.6. The van der Waals surface area contributed by atoms with E-state index in [4.69, 9.17) is 9.79 Å². The molecule has 0 radical (unpaired) electrons. The van der Waals surface area contributed by atoms with Crippen molar-refractivity contribution in [3.8, 4) is 0 Å². The Morgan fingerprint density at radius 2 is 1.64 bits per heavy atom. The summed E-state index contributed by atoms with van der Waals surface area (Å²) in [5, 5.41) is 0. The van der Waals surface area contributed by atoms with Crippen LogP contribution in [-0.2, 0) is 11.0 Å². The molecule has 1 aromatic carbocycles. The minimum Gasteiger partial charge on any atom is -0.324 e. The fourth-order valence-electron chi connectivity index (χ4n) is 1.94. The fourth-order valence-corrected chi connectivity index (χ4v) is 3.02. The highest BCUT2D eigenvalue weighted by molar-refractivity contribution is 7.52. The third kappa shape index (κ3) is 4.47. The van der Waals surface area contributed by atoms with Crippen LogP contribution < -0.4 is 0 Å². The van der Waals surface area contributed by atoms with Gasteiger partial charge in [0, 0.05) is 0 Å². The standard InChI is InChI=1S/C12H13F6O3P/c13-9-6-2-1-4-8(9)5-3-7-10(22(19,20)21)11(14,15)12(16,17)18/h1-2,4,6,10H,3,5,7H2,(H2,19,20,21). The Labute approximate surface area is 122 Å². The predicted molar refractivity (Wildman–Crippen MR) is 66.2 cm³/mol. The van der Waals surface area contributed by atoms with E-state index in [0.717, 1.165) is 6.07 Å². The molecule has 0 heterocycles. The first kappa shape index (κ1) is 19.0. The monoisotopic (exact) mass is 350 g/mol. The Morgan fingerprint density at radius 1 is 1.09 bits per heavy atom. The molecular weight excluding hydrogens is 337 g/mol. The van der Waals surface area contributed by atoms with Crippen LogP contribution in [0.2, 0.25) is 0 Å². The Kier molecular flexibility index (Phi) is 5.70. The zero-order chi connectivity index (χ0) is 17.2. The average molecular weight is 350 g/mol. The first-order valence-corrected chi connectivity index (χ1v) is 7.78. The molecular formula is C12H13F6O3P. The topological polar surface area (TPSA) is 57.5 Å². The smallest absolute Gasteiger partial charge is 0.324 e. The number of aryl methyl sites for hydroxylation is 1. The van der Waals surface area contributed by atoms with Gasteiger partial charge in [0.2, 0.25) is 0 Å². The van der Waals surface area contributed by atoms with Gasteiger partial charge in [0.1, 0.15) is 11.5 Å². The van der Waals surface area contributed by atoms with Gasteiger partial charge in [-0.15, -0.1) is 0 Å². The van der Waals surface area contributed by atoms with Crippen molar-refractivity contribution >= 4 is 7.60 Å². The second kappa shape index (κ2) is 6.60. The molecule has 1 atom stereocenters. The molecule has 0 saturated carbocycles. The van der Waals surface area contributed by atoms with Crippen LogP contribution in [0.5, 0.6) is 0 Å². The van der Waals surface area contributed by atoms with E-state index in [9.17, 15) is 30.9 Å². The lowest BCUT2D eigenvalue weighted by molar-refractivity contribution is -0.283. The van der Waals surface area contributed by atoms with Crippen LogP contribution in [0.3, 0.4) is 0 Å². The van der Waals surface area contributed by atoms with E-state index in [1.807, 2.05) is 0 Å². The summed E-state index contributed by atoms with van der Waals surface area (Å²) in [6, 6.07) is 5.21. The Balaban J connectivity index is 2.85.